The maximum absolute atomic E-state index is 12.9. The number of fused-ring (bicyclic) bond motifs is 1. The van der Waals surface area contributed by atoms with Crippen LogP contribution in [-0.4, -0.2) is 48.9 Å². The van der Waals surface area contributed by atoms with Crippen LogP contribution in [0.1, 0.15) is 42.9 Å². The molecule has 2 atom stereocenters. The fourth-order valence-electron chi connectivity index (χ4n) is 3.32. The highest BCUT2D eigenvalue weighted by Gasteiger charge is 2.30. The summed E-state index contributed by atoms with van der Waals surface area (Å²) in [6, 6.07) is 5.88. The number of carbonyl (C=O) groups is 2. The van der Waals surface area contributed by atoms with E-state index in [0.717, 1.165) is 23.1 Å². The Balaban J connectivity index is 2.35. The van der Waals surface area contributed by atoms with Gasteiger partial charge in [0.2, 0.25) is 0 Å². The molecule has 4 nitrogen and oxygen atoms in total. The van der Waals surface area contributed by atoms with Gasteiger partial charge in [-0.05, 0) is 41.9 Å². The third-order valence-corrected chi connectivity index (χ3v) is 5.15. The molecule has 0 N–H and O–H groups in total. The van der Waals surface area contributed by atoms with Gasteiger partial charge in [-0.1, -0.05) is 38.1 Å². The number of aryl methyl sites for hydroxylation is 1. The van der Waals surface area contributed by atoms with Gasteiger partial charge in [0.1, 0.15) is 0 Å². The molecular formula is C20H27FN2O2. The van der Waals surface area contributed by atoms with Crippen LogP contribution < -0.4 is 0 Å². The van der Waals surface area contributed by atoms with E-state index in [1.165, 1.54) is 19.0 Å². The van der Waals surface area contributed by atoms with E-state index in [0.29, 0.717) is 22.5 Å². The monoisotopic (exact) mass is 346 g/mol. The first kappa shape index (κ1) is 19.3. The Morgan fingerprint density at radius 1 is 1.20 bits per heavy atom. The molecule has 0 fully saturated rings. The van der Waals surface area contributed by atoms with E-state index in [9.17, 15) is 14.1 Å². The third-order valence-electron chi connectivity index (χ3n) is 5.15. The lowest BCUT2D eigenvalue weighted by molar-refractivity contribution is -0.141. The Morgan fingerprint density at radius 2 is 1.88 bits per heavy atom. The minimum Gasteiger partial charge on any atom is -0.337 e. The second-order valence-corrected chi connectivity index (χ2v) is 7.04. The molecule has 0 bridgehead atoms. The molecular weight excluding hydrogens is 319 g/mol. The van der Waals surface area contributed by atoms with Crippen LogP contribution in [-0.2, 0) is 9.59 Å². The maximum Gasteiger partial charge on any atom is 0.294 e. The van der Waals surface area contributed by atoms with Crippen LogP contribution in [0.5, 0.6) is 0 Å². The first-order chi connectivity index (χ1) is 11.7. The number of benzene rings is 1. The molecule has 1 aromatic carbocycles. The van der Waals surface area contributed by atoms with Crippen LogP contribution in [0.15, 0.2) is 24.3 Å². The van der Waals surface area contributed by atoms with Gasteiger partial charge >= 0.3 is 0 Å². The Hall–Kier alpha value is -2.01. The molecule has 2 rings (SSSR count). The summed E-state index contributed by atoms with van der Waals surface area (Å²) in [7, 11) is 2.82. The zero-order chi connectivity index (χ0) is 18.7. The number of allylic oxidation sites excluding steroid dienone is 1. The first-order valence-electron chi connectivity index (χ1n) is 8.70. The van der Waals surface area contributed by atoms with E-state index in [1.807, 2.05) is 31.2 Å². The van der Waals surface area contributed by atoms with Crippen LogP contribution >= 0.6 is 0 Å². The predicted octanol–water partition coefficient (Wildman–Crippen LogP) is 3.37. The summed E-state index contributed by atoms with van der Waals surface area (Å²) < 4.78 is 12.9. The number of hydrogen-bond donors (Lipinski definition) is 0. The summed E-state index contributed by atoms with van der Waals surface area (Å²) >= 11 is 0. The normalized spacial score (nSPS) is 19.9. The molecule has 0 radical (unpaired) electrons. The lowest BCUT2D eigenvalue weighted by atomic mass is 9.83. The van der Waals surface area contributed by atoms with Crippen molar-refractivity contribution >= 4 is 17.3 Å². The Bertz CT molecular complexity index is 697. The Kier molecular flexibility index (Phi) is 6.11. The van der Waals surface area contributed by atoms with Gasteiger partial charge in [-0.2, -0.15) is 0 Å². The molecule has 1 aliphatic carbocycles. The molecule has 0 spiro atoms. The number of carbonyl (C=O) groups excluding carboxylic acids is 2. The van der Waals surface area contributed by atoms with Gasteiger partial charge in [0, 0.05) is 32.8 Å². The fraction of sp³-hybridized carbons (Fsp3) is 0.500. The minimum absolute atomic E-state index is 0.0678. The van der Waals surface area contributed by atoms with Gasteiger partial charge < -0.3 is 4.90 Å². The SMILES string of the molecule is Cc1cccc2c1[C@@H](C)C(C)CC=C2C(=O)C(=O)N(C)CCN(C)F. The van der Waals surface area contributed by atoms with Crippen molar-refractivity contribution in [2.45, 2.75) is 33.1 Å². The van der Waals surface area contributed by atoms with Crippen molar-refractivity contribution in [3.63, 3.8) is 0 Å². The van der Waals surface area contributed by atoms with Crippen LogP contribution in [0.2, 0.25) is 0 Å². The second kappa shape index (κ2) is 7.91. The van der Waals surface area contributed by atoms with E-state index < -0.39 is 11.7 Å². The molecule has 1 amide bonds. The van der Waals surface area contributed by atoms with Crippen molar-refractivity contribution < 1.29 is 14.1 Å². The van der Waals surface area contributed by atoms with Gasteiger partial charge in [0.25, 0.3) is 11.7 Å². The number of hydrogen-bond acceptors (Lipinski definition) is 3. The smallest absolute Gasteiger partial charge is 0.294 e. The van der Waals surface area contributed by atoms with E-state index in [4.69, 9.17) is 0 Å². The first-order valence-corrected chi connectivity index (χ1v) is 8.70. The van der Waals surface area contributed by atoms with Crippen LogP contribution in [0.25, 0.3) is 5.57 Å². The predicted molar refractivity (Wildman–Crippen MR) is 97.7 cm³/mol. The number of Topliss-reactive ketones (excluding diaryl/α,β-unsaturated/α-hetero) is 1. The highest BCUT2D eigenvalue weighted by molar-refractivity contribution is 6.53. The molecule has 1 unspecified atom stereocenters. The number of halogens is 1. The number of amides is 1. The fourth-order valence-corrected chi connectivity index (χ4v) is 3.32. The summed E-state index contributed by atoms with van der Waals surface area (Å²) in [6.45, 7) is 6.61. The van der Waals surface area contributed by atoms with Crippen LogP contribution in [0, 0.1) is 12.8 Å². The second-order valence-electron chi connectivity index (χ2n) is 7.04. The molecule has 0 aromatic heterocycles. The van der Waals surface area contributed by atoms with E-state index in [2.05, 4.69) is 13.8 Å². The van der Waals surface area contributed by atoms with Gasteiger partial charge in [-0.3, -0.25) is 9.59 Å². The molecule has 0 saturated heterocycles. The molecule has 136 valence electrons. The molecule has 1 aliphatic rings. The molecule has 5 heteroatoms. The summed E-state index contributed by atoms with van der Waals surface area (Å²) in [6.07, 6.45) is 2.64. The minimum atomic E-state index is -0.595. The highest BCUT2D eigenvalue weighted by Crippen LogP contribution is 2.38. The Labute approximate surface area is 149 Å². The van der Waals surface area contributed by atoms with E-state index in [1.54, 1.807) is 0 Å². The maximum atomic E-state index is 12.9. The quantitative estimate of drug-likeness (QED) is 0.606. The number of rotatable bonds is 5. The summed E-state index contributed by atoms with van der Waals surface area (Å²) in [5, 5.41) is 0.501. The van der Waals surface area contributed by atoms with Crippen molar-refractivity contribution in [2.24, 2.45) is 5.92 Å². The number of likely N-dealkylation sites (N-methyl/N-ethyl adjacent to an activating group) is 2. The van der Waals surface area contributed by atoms with Crippen molar-refractivity contribution in [2.75, 3.05) is 27.2 Å². The largest absolute Gasteiger partial charge is 0.337 e. The Morgan fingerprint density at radius 3 is 2.52 bits per heavy atom. The molecule has 1 aromatic rings. The third kappa shape index (κ3) is 4.15. The standard InChI is InChI=1S/C20H27FN2O2/c1-13-9-10-17(16-8-6-7-14(2)18(16)15(13)3)19(24)20(25)22(4)11-12-23(5)21/h6-8,10,13,15H,9,11-12H2,1-5H3/t13?,15-/m0/s1. The lowest BCUT2D eigenvalue weighted by Gasteiger charge is -2.22. The summed E-state index contributed by atoms with van der Waals surface area (Å²) in [5.74, 6) is -0.413. The van der Waals surface area contributed by atoms with E-state index >= 15 is 0 Å². The molecule has 0 aliphatic heterocycles. The highest BCUT2D eigenvalue weighted by atomic mass is 19.2. The van der Waals surface area contributed by atoms with Gasteiger partial charge in [0.15, 0.2) is 0 Å². The van der Waals surface area contributed by atoms with E-state index in [-0.39, 0.29) is 13.1 Å². The van der Waals surface area contributed by atoms with Crippen molar-refractivity contribution in [3.05, 3.63) is 41.0 Å². The van der Waals surface area contributed by atoms with Gasteiger partial charge in [-0.25, -0.2) is 0 Å². The summed E-state index contributed by atoms with van der Waals surface area (Å²) in [4.78, 5) is 26.7. The topological polar surface area (TPSA) is 40.6 Å². The number of nitrogens with zero attached hydrogens (tertiary/aromatic N) is 2. The average molecular weight is 346 g/mol. The lowest BCUT2D eigenvalue weighted by Crippen LogP contribution is -2.37. The summed E-state index contributed by atoms with van der Waals surface area (Å²) in [5.41, 5.74) is 3.61. The number of ketones is 1. The van der Waals surface area contributed by atoms with Crippen molar-refractivity contribution in [1.29, 1.82) is 0 Å². The van der Waals surface area contributed by atoms with Crippen LogP contribution in [0.3, 0.4) is 0 Å². The average Bonchev–Trinajstić information content (AvgIpc) is 2.70. The molecule has 0 saturated carbocycles. The van der Waals surface area contributed by atoms with Crippen LogP contribution in [0.4, 0.5) is 4.48 Å². The molecule has 0 heterocycles. The van der Waals surface area contributed by atoms with Crippen molar-refractivity contribution in [1.82, 2.24) is 10.0 Å². The zero-order valence-corrected chi connectivity index (χ0v) is 15.7. The van der Waals surface area contributed by atoms with Crippen molar-refractivity contribution in [3.8, 4) is 0 Å². The van der Waals surface area contributed by atoms with Gasteiger partial charge in [0.05, 0.1) is 0 Å². The zero-order valence-electron chi connectivity index (χ0n) is 15.7. The van der Waals surface area contributed by atoms with Gasteiger partial charge in [-0.15, -0.1) is 9.60 Å². The molecule has 25 heavy (non-hydrogen) atoms.